The molecule has 0 saturated carbocycles. The maximum Gasteiger partial charge on any atom is 0.193 e. The molecule has 1 atom stereocenters. The molecule has 0 heterocycles. The van der Waals surface area contributed by atoms with Gasteiger partial charge in [-0.2, -0.15) is 0 Å². The number of ketones is 1. The van der Waals surface area contributed by atoms with Crippen molar-refractivity contribution < 1.29 is 9.53 Å². The summed E-state index contributed by atoms with van der Waals surface area (Å²) in [5.74, 6) is -0.0439. The molecule has 16 heavy (non-hydrogen) atoms. The number of rotatable bonds is 4. The molecule has 2 nitrogen and oxygen atoms in total. The van der Waals surface area contributed by atoms with Crippen LogP contribution in [0.25, 0.3) is 0 Å². The maximum absolute atomic E-state index is 12.1. The smallest absolute Gasteiger partial charge is 0.193 e. The molecule has 88 valence electrons. The van der Waals surface area contributed by atoms with Crippen LogP contribution in [0.3, 0.4) is 0 Å². The van der Waals surface area contributed by atoms with Gasteiger partial charge in [0.2, 0.25) is 0 Å². The number of hydrogen-bond donors (Lipinski definition) is 0. The van der Waals surface area contributed by atoms with Crippen molar-refractivity contribution >= 4 is 29.0 Å². The fourth-order valence-electron chi connectivity index (χ4n) is 1.53. The normalized spacial score (nSPS) is 12.9. The van der Waals surface area contributed by atoms with Crippen molar-refractivity contribution in [3.63, 3.8) is 0 Å². The fraction of sp³-hybridized carbons (Fsp3) is 0.417. The summed E-state index contributed by atoms with van der Waals surface area (Å²) in [6.45, 7) is 3.84. The third kappa shape index (κ3) is 2.76. The Morgan fingerprint density at radius 3 is 2.44 bits per heavy atom. The molecule has 0 saturated heterocycles. The maximum atomic E-state index is 12.1. The van der Waals surface area contributed by atoms with Crippen LogP contribution in [-0.2, 0) is 4.74 Å². The SMILES string of the molecule is COC(C(=O)c1cccc(Cl)c1Cl)C(C)C. The van der Waals surface area contributed by atoms with Crippen molar-refractivity contribution in [3.05, 3.63) is 33.8 Å². The van der Waals surface area contributed by atoms with Gasteiger partial charge in [-0.05, 0) is 18.1 Å². The van der Waals surface area contributed by atoms with E-state index in [0.717, 1.165) is 0 Å². The highest BCUT2D eigenvalue weighted by molar-refractivity contribution is 6.44. The van der Waals surface area contributed by atoms with E-state index in [4.69, 9.17) is 27.9 Å². The molecule has 0 N–H and O–H groups in total. The van der Waals surface area contributed by atoms with E-state index in [1.54, 1.807) is 18.2 Å². The van der Waals surface area contributed by atoms with Crippen LogP contribution in [0.5, 0.6) is 0 Å². The van der Waals surface area contributed by atoms with Crippen LogP contribution in [0, 0.1) is 5.92 Å². The summed E-state index contributed by atoms with van der Waals surface area (Å²) in [6, 6.07) is 5.01. The molecule has 0 amide bonds. The van der Waals surface area contributed by atoms with Crippen molar-refractivity contribution in [1.29, 1.82) is 0 Å². The van der Waals surface area contributed by atoms with Gasteiger partial charge in [-0.25, -0.2) is 0 Å². The van der Waals surface area contributed by atoms with Crippen molar-refractivity contribution in [2.75, 3.05) is 7.11 Å². The first-order valence-electron chi connectivity index (χ1n) is 5.00. The van der Waals surface area contributed by atoms with E-state index in [0.29, 0.717) is 10.6 Å². The third-order valence-corrected chi connectivity index (χ3v) is 3.15. The van der Waals surface area contributed by atoms with Crippen molar-refractivity contribution in [1.82, 2.24) is 0 Å². The predicted octanol–water partition coefficient (Wildman–Crippen LogP) is 3.85. The second-order valence-corrected chi connectivity index (χ2v) is 4.65. The van der Waals surface area contributed by atoms with Crippen molar-refractivity contribution in [2.45, 2.75) is 20.0 Å². The van der Waals surface area contributed by atoms with Crippen molar-refractivity contribution in [3.8, 4) is 0 Å². The Morgan fingerprint density at radius 1 is 1.31 bits per heavy atom. The number of ether oxygens (including phenoxy) is 1. The Kier molecular flexibility index (Phi) is 4.78. The lowest BCUT2D eigenvalue weighted by atomic mass is 9.97. The summed E-state index contributed by atoms with van der Waals surface area (Å²) >= 11 is 11.8. The molecule has 0 spiro atoms. The minimum atomic E-state index is -0.490. The molecule has 1 aromatic rings. The second-order valence-electron chi connectivity index (χ2n) is 3.87. The van der Waals surface area contributed by atoms with Gasteiger partial charge in [0, 0.05) is 12.7 Å². The Hall–Kier alpha value is -0.570. The number of halogens is 2. The average Bonchev–Trinajstić information content (AvgIpc) is 2.22. The van der Waals surface area contributed by atoms with Crippen LogP contribution >= 0.6 is 23.2 Å². The van der Waals surface area contributed by atoms with E-state index < -0.39 is 6.10 Å². The molecule has 0 radical (unpaired) electrons. The molecule has 0 aromatic heterocycles. The topological polar surface area (TPSA) is 26.3 Å². The van der Waals surface area contributed by atoms with Crippen LogP contribution in [0.15, 0.2) is 18.2 Å². The van der Waals surface area contributed by atoms with Crippen LogP contribution in [0.2, 0.25) is 10.0 Å². The van der Waals surface area contributed by atoms with Crippen molar-refractivity contribution in [2.24, 2.45) is 5.92 Å². The Labute approximate surface area is 106 Å². The largest absolute Gasteiger partial charge is 0.373 e. The highest BCUT2D eigenvalue weighted by atomic mass is 35.5. The number of hydrogen-bond acceptors (Lipinski definition) is 2. The molecule has 0 bridgehead atoms. The molecule has 0 fully saturated rings. The number of methoxy groups -OCH3 is 1. The standard InChI is InChI=1S/C12H14Cl2O2/c1-7(2)12(16-3)11(15)8-5-4-6-9(13)10(8)14/h4-7,12H,1-3H3. The lowest BCUT2D eigenvalue weighted by Crippen LogP contribution is -2.28. The third-order valence-electron chi connectivity index (χ3n) is 2.33. The van der Waals surface area contributed by atoms with E-state index in [2.05, 4.69) is 0 Å². The molecular weight excluding hydrogens is 247 g/mol. The Bertz CT molecular complexity index is 389. The zero-order valence-electron chi connectivity index (χ0n) is 9.46. The quantitative estimate of drug-likeness (QED) is 0.769. The summed E-state index contributed by atoms with van der Waals surface area (Å²) in [4.78, 5) is 12.1. The molecule has 0 aliphatic heterocycles. The summed E-state index contributed by atoms with van der Waals surface area (Å²) in [6.07, 6.45) is -0.490. The van der Waals surface area contributed by atoms with Gasteiger partial charge in [-0.3, -0.25) is 4.79 Å². The minimum Gasteiger partial charge on any atom is -0.373 e. The van der Waals surface area contributed by atoms with Gasteiger partial charge < -0.3 is 4.74 Å². The zero-order valence-corrected chi connectivity index (χ0v) is 11.0. The lowest BCUT2D eigenvalue weighted by Gasteiger charge is -2.18. The van der Waals surface area contributed by atoms with E-state index in [1.807, 2.05) is 13.8 Å². The summed E-state index contributed by atoms with van der Waals surface area (Å²) in [7, 11) is 1.51. The number of carbonyl (C=O) groups excluding carboxylic acids is 1. The van der Waals surface area contributed by atoms with Gasteiger partial charge >= 0.3 is 0 Å². The first-order valence-corrected chi connectivity index (χ1v) is 5.75. The minimum absolute atomic E-state index is 0.0903. The first-order chi connectivity index (χ1) is 7.49. The van der Waals surface area contributed by atoms with Gasteiger partial charge in [0.1, 0.15) is 6.10 Å². The van der Waals surface area contributed by atoms with Gasteiger partial charge in [-0.15, -0.1) is 0 Å². The van der Waals surface area contributed by atoms with E-state index >= 15 is 0 Å². The van der Waals surface area contributed by atoms with Gasteiger partial charge in [-0.1, -0.05) is 43.1 Å². The van der Waals surface area contributed by atoms with Gasteiger partial charge in [0.05, 0.1) is 10.0 Å². The van der Waals surface area contributed by atoms with Crippen LogP contribution in [0.1, 0.15) is 24.2 Å². The van der Waals surface area contributed by atoms with E-state index in [-0.39, 0.29) is 16.7 Å². The monoisotopic (exact) mass is 260 g/mol. The first kappa shape index (κ1) is 13.5. The highest BCUT2D eigenvalue weighted by Gasteiger charge is 2.25. The molecule has 1 unspecified atom stereocenters. The van der Waals surface area contributed by atoms with Crippen LogP contribution < -0.4 is 0 Å². The summed E-state index contributed by atoms with van der Waals surface area (Å²) in [5.41, 5.74) is 0.412. The summed E-state index contributed by atoms with van der Waals surface area (Å²) in [5, 5.41) is 0.669. The molecular formula is C12H14Cl2O2. The van der Waals surface area contributed by atoms with E-state index in [9.17, 15) is 4.79 Å². The summed E-state index contributed by atoms with van der Waals surface area (Å²) < 4.78 is 5.17. The fourth-order valence-corrected chi connectivity index (χ4v) is 1.92. The second kappa shape index (κ2) is 5.67. The average molecular weight is 261 g/mol. The molecule has 4 heteroatoms. The predicted molar refractivity (Wildman–Crippen MR) is 66.4 cm³/mol. The van der Waals surface area contributed by atoms with Crippen LogP contribution in [0.4, 0.5) is 0 Å². The molecule has 1 rings (SSSR count). The lowest BCUT2D eigenvalue weighted by molar-refractivity contribution is 0.0459. The van der Waals surface area contributed by atoms with Crippen LogP contribution in [-0.4, -0.2) is 19.0 Å². The van der Waals surface area contributed by atoms with Gasteiger partial charge in [0.25, 0.3) is 0 Å². The molecule has 0 aliphatic carbocycles. The number of benzene rings is 1. The van der Waals surface area contributed by atoms with E-state index in [1.165, 1.54) is 7.11 Å². The molecule has 1 aromatic carbocycles. The Morgan fingerprint density at radius 2 is 1.94 bits per heavy atom. The van der Waals surface area contributed by atoms with Gasteiger partial charge in [0.15, 0.2) is 5.78 Å². The molecule has 0 aliphatic rings. The highest BCUT2D eigenvalue weighted by Crippen LogP contribution is 2.27. The zero-order chi connectivity index (χ0) is 12.3. The number of Topliss-reactive ketones (excluding diaryl/α,β-unsaturated/α-hetero) is 1. The number of carbonyl (C=O) groups is 1. The Balaban J connectivity index is 3.09.